The van der Waals surface area contributed by atoms with E-state index in [0.29, 0.717) is 6.61 Å². The lowest BCUT2D eigenvalue weighted by molar-refractivity contribution is -0.0255. The minimum absolute atomic E-state index is 0.451. The third kappa shape index (κ3) is 4.49. The van der Waals surface area contributed by atoms with Gasteiger partial charge in [-0.2, -0.15) is 0 Å². The second-order valence-corrected chi connectivity index (χ2v) is 8.66. The minimum Gasteiger partial charge on any atom is -0.497 e. The van der Waals surface area contributed by atoms with Crippen LogP contribution < -0.4 is 9.47 Å². The van der Waals surface area contributed by atoms with Crippen molar-refractivity contribution in [1.29, 1.82) is 0 Å². The first-order valence-corrected chi connectivity index (χ1v) is 11.5. The third-order valence-corrected chi connectivity index (χ3v) is 6.72. The first kappa shape index (κ1) is 21.6. The number of fused-ring (bicyclic) bond motifs is 2. The van der Waals surface area contributed by atoms with Crippen LogP contribution in [-0.2, 0) is 12.2 Å². The van der Waals surface area contributed by atoms with E-state index in [1.165, 1.54) is 0 Å². The average Bonchev–Trinajstić information content (AvgIpc) is 3.02. The number of ether oxygens (including phenoxy) is 2. The molecule has 5 rings (SSSR count). The maximum Gasteiger partial charge on any atom is 0.131 e. The number of likely N-dealkylation sites (tertiary alicyclic amines) is 1. The van der Waals surface area contributed by atoms with E-state index in [9.17, 15) is 5.11 Å². The summed E-state index contributed by atoms with van der Waals surface area (Å²) in [5.41, 5.74) is 4.43. The Morgan fingerprint density at radius 2 is 1.91 bits per heavy atom. The van der Waals surface area contributed by atoms with Gasteiger partial charge >= 0.3 is 0 Å². The zero-order valence-electron chi connectivity index (χ0n) is 18.9. The predicted molar refractivity (Wildman–Crippen MR) is 127 cm³/mol. The van der Waals surface area contributed by atoms with Crippen LogP contribution in [0.15, 0.2) is 67.1 Å². The topological polar surface area (TPSA) is 67.7 Å². The Hall–Kier alpha value is -3.22. The van der Waals surface area contributed by atoms with E-state index >= 15 is 0 Å². The Kier molecular flexibility index (Phi) is 6.11. The van der Waals surface area contributed by atoms with Gasteiger partial charge in [-0.1, -0.05) is 12.1 Å². The second-order valence-electron chi connectivity index (χ2n) is 8.66. The quantitative estimate of drug-likeness (QED) is 0.638. The molecule has 1 N–H and O–H groups in total. The van der Waals surface area contributed by atoms with Crippen molar-refractivity contribution in [3.05, 3.63) is 89.5 Å². The van der Waals surface area contributed by atoms with Gasteiger partial charge in [-0.3, -0.25) is 9.97 Å². The highest BCUT2D eigenvalue weighted by Crippen LogP contribution is 2.38. The molecule has 0 spiro atoms. The number of hydrogen-bond donors (Lipinski definition) is 1. The Morgan fingerprint density at radius 3 is 2.70 bits per heavy atom. The summed E-state index contributed by atoms with van der Waals surface area (Å²) in [5, 5.41) is 11.1. The van der Waals surface area contributed by atoms with E-state index in [-0.39, 0.29) is 0 Å². The molecule has 33 heavy (non-hydrogen) atoms. The Labute approximate surface area is 194 Å². The highest BCUT2D eigenvalue weighted by atomic mass is 16.5. The summed E-state index contributed by atoms with van der Waals surface area (Å²) in [5.74, 6) is 1.66. The van der Waals surface area contributed by atoms with Gasteiger partial charge in [0.1, 0.15) is 18.1 Å². The van der Waals surface area contributed by atoms with E-state index < -0.39 is 5.60 Å². The van der Waals surface area contributed by atoms with Gasteiger partial charge in [0.2, 0.25) is 0 Å². The molecular weight excluding hydrogens is 414 g/mol. The average molecular weight is 444 g/mol. The second kappa shape index (κ2) is 9.33. The number of hydrogen-bond acceptors (Lipinski definition) is 6. The monoisotopic (exact) mass is 443 g/mol. The van der Waals surface area contributed by atoms with Crippen LogP contribution in [0, 0.1) is 0 Å². The van der Waals surface area contributed by atoms with Crippen molar-refractivity contribution in [3.63, 3.8) is 0 Å². The third-order valence-electron chi connectivity index (χ3n) is 6.72. The molecule has 0 unspecified atom stereocenters. The van der Waals surface area contributed by atoms with E-state index in [1.807, 2.05) is 42.6 Å². The molecule has 2 aromatic heterocycles. The highest BCUT2D eigenvalue weighted by molar-refractivity contribution is 5.85. The van der Waals surface area contributed by atoms with Gasteiger partial charge in [-0.25, -0.2) is 0 Å². The lowest BCUT2D eigenvalue weighted by Crippen LogP contribution is -2.42. The molecule has 0 bridgehead atoms. The molecule has 2 aliphatic rings. The first-order valence-electron chi connectivity index (χ1n) is 11.5. The molecule has 1 aromatic carbocycles. The van der Waals surface area contributed by atoms with Crippen LogP contribution in [-0.4, -0.2) is 46.7 Å². The standard InChI is InChI=1S/C27H29N3O3/c1-32-21-6-7-26-24(18-21)22(23-4-2-12-29-25(23)19-33-26)5-3-15-30-16-10-27(31,11-17-30)20-8-13-28-14-9-20/h2,4-9,12-14,18,31H,3,10-11,15-17,19H2,1H3/b22-5+. The number of nitrogens with zero attached hydrogens (tertiary/aromatic N) is 3. The zero-order chi connectivity index (χ0) is 22.7. The lowest BCUT2D eigenvalue weighted by Gasteiger charge is -2.38. The van der Waals surface area contributed by atoms with Crippen molar-refractivity contribution in [1.82, 2.24) is 14.9 Å². The fourth-order valence-electron chi connectivity index (χ4n) is 4.77. The molecule has 1 saturated heterocycles. The molecular formula is C27H29N3O3. The Balaban J connectivity index is 1.33. The minimum atomic E-state index is -0.753. The molecule has 0 atom stereocenters. The summed E-state index contributed by atoms with van der Waals surface area (Å²) in [6.45, 7) is 3.12. The fourth-order valence-corrected chi connectivity index (χ4v) is 4.77. The van der Waals surface area contributed by atoms with Crippen molar-refractivity contribution in [2.24, 2.45) is 0 Å². The molecule has 2 aliphatic heterocycles. The van der Waals surface area contributed by atoms with Gasteiger partial charge in [-0.15, -0.1) is 0 Å². The van der Waals surface area contributed by atoms with Gasteiger partial charge in [0.25, 0.3) is 0 Å². The van der Waals surface area contributed by atoms with Crippen LogP contribution >= 0.6 is 0 Å². The smallest absolute Gasteiger partial charge is 0.131 e. The summed E-state index contributed by atoms with van der Waals surface area (Å²) < 4.78 is 11.5. The molecule has 170 valence electrons. The molecule has 3 aromatic rings. The first-order chi connectivity index (χ1) is 16.2. The number of benzene rings is 1. The number of aromatic nitrogens is 2. The molecule has 0 amide bonds. The van der Waals surface area contributed by atoms with Crippen LogP contribution in [0.25, 0.3) is 5.57 Å². The summed E-state index contributed by atoms with van der Waals surface area (Å²) in [6.07, 6.45) is 9.96. The normalized spacial score (nSPS) is 18.7. The maximum absolute atomic E-state index is 11.1. The van der Waals surface area contributed by atoms with E-state index in [1.54, 1.807) is 19.5 Å². The maximum atomic E-state index is 11.1. The van der Waals surface area contributed by atoms with Crippen LogP contribution in [0.2, 0.25) is 0 Å². The molecule has 1 fully saturated rings. The van der Waals surface area contributed by atoms with Crippen LogP contribution in [0.5, 0.6) is 11.5 Å². The van der Waals surface area contributed by atoms with Gasteiger partial charge < -0.3 is 19.5 Å². The van der Waals surface area contributed by atoms with Gasteiger partial charge in [0.15, 0.2) is 0 Å². The van der Waals surface area contributed by atoms with Crippen molar-refractivity contribution in [3.8, 4) is 11.5 Å². The number of pyridine rings is 2. The molecule has 0 radical (unpaired) electrons. The number of piperidine rings is 1. The van der Waals surface area contributed by atoms with Crippen LogP contribution in [0.1, 0.15) is 41.6 Å². The van der Waals surface area contributed by atoms with Crippen LogP contribution in [0.4, 0.5) is 0 Å². The summed E-state index contributed by atoms with van der Waals surface area (Å²) >= 11 is 0. The zero-order valence-corrected chi connectivity index (χ0v) is 18.9. The number of methoxy groups -OCH3 is 1. The van der Waals surface area contributed by atoms with Crippen molar-refractivity contribution in [2.45, 2.75) is 31.5 Å². The molecule has 4 heterocycles. The highest BCUT2D eigenvalue weighted by Gasteiger charge is 2.33. The summed E-state index contributed by atoms with van der Waals surface area (Å²) in [6, 6.07) is 13.9. The molecule has 0 saturated carbocycles. The Bertz CT molecular complexity index is 1140. The molecule has 6 heteroatoms. The predicted octanol–water partition coefficient (Wildman–Crippen LogP) is 4.18. The largest absolute Gasteiger partial charge is 0.497 e. The summed E-state index contributed by atoms with van der Waals surface area (Å²) in [7, 11) is 1.68. The van der Waals surface area contributed by atoms with Crippen LogP contribution in [0.3, 0.4) is 0 Å². The van der Waals surface area contributed by atoms with Crippen molar-refractivity contribution in [2.75, 3.05) is 26.7 Å². The Morgan fingerprint density at radius 1 is 1.09 bits per heavy atom. The van der Waals surface area contributed by atoms with E-state index in [2.05, 4.69) is 27.0 Å². The number of rotatable bonds is 5. The fraction of sp³-hybridized carbons (Fsp3) is 0.333. The van der Waals surface area contributed by atoms with Crippen molar-refractivity contribution >= 4 is 5.57 Å². The van der Waals surface area contributed by atoms with Crippen molar-refractivity contribution < 1.29 is 14.6 Å². The van der Waals surface area contributed by atoms with E-state index in [4.69, 9.17) is 9.47 Å². The molecule has 0 aliphatic carbocycles. The number of aliphatic hydroxyl groups is 1. The SMILES string of the molecule is COc1ccc2c(c1)/C(=C/CCN1CCC(O)(c3ccncc3)CC1)c1cccnc1CO2. The van der Waals surface area contributed by atoms with E-state index in [0.717, 1.165) is 78.4 Å². The molecule has 6 nitrogen and oxygen atoms in total. The van der Waals surface area contributed by atoms with Gasteiger partial charge in [0.05, 0.1) is 18.4 Å². The summed E-state index contributed by atoms with van der Waals surface area (Å²) in [4.78, 5) is 11.1. The van der Waals surface area contributed by atoms with Gasteiger partial charge in [0, 0.05) is 49.4 Å². The lowest BCUT2D eigenvalue weighted by atomic mass is 9.85. The van der Waals surface area contributed by atoms with Gasteiger partial charge in [-0.05, 0) is 66.8 Å².